The number of sulfonamides is 1. The van der Waals surface area contributed by atoms with E-state index in [0.29, 0.717) is 44.7 Å². The summed E-state index contributed by atoms with van der Waals surface area (Å²) in [5, 5.41) is 0. The van der Waals surface area contributed by atoms with Gasteiger partial charge in [0, 0.05) is 45.6 Å². The molecule has 1 aromatic heterocycles. The van der Waals surface area contributed by atoms with E-state index in [1.165, 1.54) is 17.1 Å². The molecule has 0 radical (unpaired) electrons. The molecule has 2 fully saturated rings. The van der Waals surface area contributed by atoms with Crippen molar-refractivity contribution in [1.29, 1.82) is 0 Å². The zero-order chi connectivity index (χ0) is 21.8. The number of benzene rings is 1. The lowest BCUT2D eigenvalue weighted by Crippen LogP contribution is -2.40. The Hall–Kier alpha value is -1.97. The first-order valence-electron chi connectivity index (χ1n) is 11.4. The van der Waals surface area contributed by atoms with Crippen molar-refractivity contribution in [3.05, 3.63) is 24.0 Å². The summed E-state index contributed by atoms with van der Waals surface area (Å²) in [5.41, 5.74) is 1.56. The Balaban J connectivity index is 1.53. The molecule has 2 aliphatic heterocycles. The zero-order valence-corrected chi connectivity index (χ0v) is 19.1. The maximum Gasteiger partial charge on any atom is 0.243 e. The fourth-order valence-electron chi connectivity index (χ4n) is 4.50. The van der Waals surface area contributed by atoms with Crippen LogP contribution in [0.3, 0.4) is 0 Å². The maximum atomic E-state index is 13.0. The highest BCUT2D eigenvalue weighted by Crippen LogP contribution is 2.24. The smallest absolute Gasteiger partial charge is 0.243 e. The molecule has 2 aliphatic rings. The molecule has 0 spiro atoms. The Morgan fingerprint density at radius 3 is 2.45 bits per heavy atom. The zero-order valence-electron chi connectivity index (χ0n) is 18.3. The molecule has 0 atom stereocenters. The van der Waals surface area contributed by atoms with E-state index in [1.54, 1.807) is 12.1 Å². The number of aromatic nitrogens is 2. The number of rotatable bonds is 6. The molecule has 0 N–H and O–H groups in total. The van der Waals surface area contributed by atoms with E-state index in [2.05, 4.69) is 4.57 Å². The van der Waals surface area contributed by atoms with Gasteiger partial charge in [0.05, 0.1) is 29.1 Å². The van der Waals surface area contributed by atoms with E-state index in [4.69, 9.17) is 9.72 Å². The number of hydrogen-bond acceptors (Lipinski definition) is 5. The summed E-state index contributed by atoms with van der Waals surface area (Å²) in [5.74, 6) is 1.02. The molecule has 170 valence electrons. The van der Waals surface area contributed by atoms with Gasteiger partial charge in [-0.3, -0.25) is 4.79 Å². The standard InChI is InChI=1S/C22H32N4O4S/c1-2-26-20-8-7-18(31(28,29)25-13-15-30-16-14-25)17-19(20)23-21(26)9-10-22(27)24-11-5-3-4-6-12-24/h7-8,17H,2-6,9-16H2,1H3. The van der Waals surface area contributed by atoms with Crippen LogP contribution in [0.15, 0.2) is 23.1 Å². The average molecular weight is 449 g/mol. The fraction of sp³-hybridized carbons (Fsp3) is 0.636. The molecule has 31 heavy (non-hydrogen) atoms. The van der Waals surface area contributed by atoms with Crippen molar-refractivity contribution in [3.63, 3.8) is 0 Å². The third kappa shape index (κ3) is 4.78. The number of carbonyl (C=O) groups excluding carboxylic acids is 1. The number of aryl methyl sites for hydroxylation is 2. The molecule has 1 amide bonds. The minimum absolute atomic E-state index is 0.187. The Bertz CT molecular complexity index is 1020. The SMILES string of the molecule is CCn1c(CCC(=O)N2CCCCCC2)nc2cc(S(=O)(=O)N3CCOCC3)ccc21. The second kappa shape index (κ2) is 9.67. The molecular formula is C22H32N4O4S. The number of ether oxygens (including phenoxy) is 1. The highest BCUT2D eigenvalue weighted by Gasteiger charge is 2.27. The monoisotopic (exact) mass is 448 g/mol. The molecule has 9 heteroatoms. The van der Waals surface area contributed by atoms with Crippen LogP contribution in [0.4, 0.5) is 0 Å². The number of nitrogens with zero attached hydrogens (tertiary/aromatic N) is 4. The maximum absolute atomic E-state index is 13.0. The Labute approximate surface area is 184 Å². The molecule has 2 aromatic rings. The number of carbonyl (C=O) groups is 1. The molecule has 3 heterocycles. The van der Waals surface area contributed by atoms with Crippen molar-refractivity contribution in [2.45, 2.75) is 56.9 Å². The van der Waals surface area contributed by atoms with Crippen molar-refractivity contribution in [2.24, 2.45) is 0 Å². The Kier molecular flexibility index (Phi) is 6.93. The first-order chi connectivity index (χ1) is 15.0. The van der Waals surface area contributed by atoms with Crippen LogP contribution in [0.5, 0.6) is 0 Å². The summed E-state index contributed by atoms with van der Waals surface area (Å²) in [6, 6.07) is 5.15. The number of fused-ring (bicyclic) bond motifs is 1. The minimum Gasteiger partial charge on any atom is -0.379 e. The highest BCUT2D eigenvalue weighted by molar-refractivity contribution is 7.89. The van der Waals surface area contributed by atoms with Crippen LogP contribution < -0.4 is 0 Å². The fourth-order valence-corrected chi connectivity index (χ4v) is 5.93. The highest BCUT2D eigenvalue weighted by atomic mass is 32.2. The third-order valence-corrected chi connectivity index (χ3v) is 8.14. The largest absolute Gasteiger partial charge is 0.379 e. The molecule has 2 saturated heterocycles. The third-order valence-electron chi connectivity index (χ3n) is 6.24. The number of morpholine rings is 1. The van der Waals surface area contributed by atoms with Crippen LogP contribution >= 0.6 is 0 Å². The summed E-state index contributed by atoms with van der Waals surface area (Å²) < 4.78 is 34.8. The molecule has 0 aliphatic carbocycles. The molecule has 1 aromatic carbocycles. The molecular weight excluding hydrogens is 416 g/mol. The van der Waals surface area contributed by atoms with Crippen LogP contribution in [0.25, 0.3) is 11.0 Å². The van der Waals surface area contributed by atoms with Gasteiger partial charge in [-0.2, -0.15) is 4.31 Å². The second-order valence-corrected chi connectivity index (χ2v) is 10.2. The lowest BCUT2D eigenvalue weighted by molar-refractivity contribution is -0.131. The molecule has 0 bridgehead atoms. The second-order valence-electron chi connectivity index (χ2n) is 8.23. The summed E-state index contributed by atoms with van der Waals surface area (Å²) in [7, 11) is -3.56. The molecule has 8 nitrogen and oxygen atoms in total. The van der Waals surface area contributed by atoms with Crippen LogP contribution in [-0.2, 0) is 32.5 Å². The minimum atomic E-state index is -3.56. The van der Waals surface area contributed by atoms with E-state index in [1.807, 2.05) is 17.9 Å². The summed E-state index contributed by atoms with van der Waals surface area (Å²) in [6.07, 6.45) is 5.56. The van der Waals surface area contributed by atoms with Gasteiger partial charge in [-0.15, -0.1) is 0 Å². The van der Waals surface area contributed by atoms with Crippen LogP contribution in [0.2, 0.25) is 0 Å². The van der Waals surface area contributed by atoms with Crippen molar-refractivity contribution in [3.8, 4) is 0 Å². The van der Waals surface area contributed by atoms with Gasteiger partial charge >= 0.3 is 0 Å². The summed E-state index contributed by atoms with van der Waals surface area (Å²) in [6.45, 7) is 6.04. The Morgan fingerprint density at radius 2 is 1.77 bits per heavy atom. The van der Waals surface area contributed by atoms with Gasteiger partial charge in [-0.25, -0.2) is 13.4 Å². The molecule has 4 rings (SSSR count). The number of amides is 1. The van der Waals surface area contributed by atoms with Gasteiger partial charge in [-0.1, -0.05) is 12.8 Å². The van der Waals surface area contributed by atoms with Crippen molar-refractivity contribution in [2.75, 3.05) is 39.4 Å². The Morgan fingerprint density at radius 1 is 1.06 bits per heavy atom. The van der Waals surface area contributed by atoms with Crippen LogP contribution in [0, 0.1) is 0 Å². The quantitative estimate of drug-likeness (QED) is 0.678. The van der Waals surface area contributed by atoms with Gasteiger partial charge in [0.1, 0.15) is 5.82 Å². The van der Waals surface area contributed by atoms with Gasteiger partial charge in [0.2, 0.25) is 15.9 Å². The van der Waals surface area contributed by atoms with Crippen LogP contribution in [-0.4, -0.2) is 72.5 Å². The van der Waals surface area contributed by atoms with Crippen LogP contribution in [0.1, 0.15) is 44.9 Å². The number of hydrogen-bond donors (Lipinski definition) is 0. The van der Waals surface area contributed by atoms with Crippen molar-refractivity contribution < 1.29 is 17.9 Å². The first kappa shape index (κ1) is 22.2. The molecule has 0 unspecified atom stereocenters. The number of likely N-dealkylation sites (tertiary alicyclic amines) is 1. The van der Waals surface area contributed by atoms with Crippen molar-refractivity contribution in [1.82, 2.24) is 18.8 Å². The number of imidazole rings is 1. The summed E-state index contributed by atoms with van der Waals surface area (Å²) in [4.78, 5) is 19.7. The van der Waals surface area contributed by atoms with E-state index >= 15 is 0 Å². The van der Waals surface area contributed by atoms with E-state index < -0.39 is 10.0 Å². The lowest BCUT2D eigenvalue weighted by atomic mass is 10.2. The van der Waals surface area contributed by atoms with E-state index in [9.17, 15) is 13.2 Å². The summed E-state index contributed by atoms with van der Waals surface area (Å²) >= 11 is 0. The van der Waals surface area contributed by atoms with E-state index in [-0.39, 0.29) is 10.8 Å². The first-order valence-corrected chi connectivity index (χ1v) is 12.8. The predicted molar refractivity (Wildman–Crippen MR) is 118 cm³/mol. The van der Waals surface area contributed by atoms with Gasteiger partial charge in [-0.05, 0) is 38.0 Å². The average Bonchev–Trinajstić information content (AvgIpc) is 2.94. The van der Waals surface area contributed by atoms with Gasteiger partial charge < -0.3 is 14.2 Å². The normalized spacial score (nSPS) is 18.9. The topological polar surface area (TPSA) is 84.7 Å². The van der Waals surface area contributed by atoms with Gasteiger partial charge in [0.15, 0.2) is 0 Å². The molecule has 0 saturated carbocycles. The van der Waals surface area contributed by atoms with Crippen molar-refractivity contribution >= 4 is 27.0 Å². The predicted octanol–water partition coefficient (Wildman–Crippen LogP) is 2.41. The lowest BCUT2D eigenvalue weighted by Gasteiger charge is -2.26. The van der Waals surface area contributed by atoms with E-state index in [0.717, 1.165) is 43.8 Å². The van der Waals surface area contributed by atoms with Gasteiger partial charge in [0.25, 0.3) is 0 Å².